The molecule has 1 saturated heterocycles. The van der Waals surface area contributed by atoms with Gasteiger partial charge in [0.25, 0.3) is 0 Å². The van der Waals surface area contributed by atoms with E-state index in [4.69, 9.17) is 4.74 Å². The average molecular weight is 400 g/mol. The molecule has 2 aromatic heterocycles. The summed E-state index contributed by atoms with van der Waals surface area (Å²) in [5, 5.41) is 1.17. The molecule has 30 heavy (non-hydrogen) atoms. The van der Waals surface area contributed by atoms with E-state index in [1.165, 1.54) is 17.0 Å². The van der Waals surface area contributed by atoms with Crippen molar-refractivity contribution in [3.63, 3.8) is 0 Å². The molecule has 2 aromatic carbocycles. The zero-order chi connectivity index (χ0) is 20.3. The lowest BCUT2D eigenvalue weighted by atomic mass is 10.1. The van der Waals surface area contributed by atoms with E-state index in [1.54, 1.807) is 30.6 Å². The summed E-state index contributed by atoms with van der Waals surface area (Å²) in [6.07, 6.45) is 4.95. The van der Waals surface area contributed by atoms with Crippen molar-refractivity contribution in [2.24, 2.45) is 0 Å². The van der Waals surface area contributed by atoms with Gasteiger partial charge in [0.2, 0.25) is 0 Å². The third kappa shape index (κ3) is 3.79. The highest BCUT2D eigenvalue weighted by atomic mass is 19.1. The second-order valence-electron chi connectivity index (χ2n) is 7.39. The van der Waals surface area contributed by atoms with Crippen LogP contribution in [-0.2, 0) is 11.3 Å². The first-order valence-corrected chi connectivity index (χ1v) is 10.0. The molecule has 150 valence electrons. The van der Waals surface area contributed by atoms with E-state index in [-0.39, 0.29) is 11.9 Å². The summed E-state index contributed by atoms with van der Waals surface area (Å²) in [7, 11) is 0. The predicted molar refractivity (Wildman–Crippen MR) is 113 cm³/mol. The molecule has 0 bridgehead atoms. The van der Waals surface area contributed by atoms with Crippen LogP contribution in [0, 0.1) is 5.82 Å². The molecule has 1 atom stereocenters. The van der Waals surface area contributed by atoms with Gasteiger partial charge in [0.1, 0.15) is 11.9 Å². The van der Waals surface area contributed by atoms with Gasteiger partial charge in [-0.05, 0) is 29.8 Å². The number of morpholine rings is 1. The molecule has 0 radical (unpaired) electrons. The quantitative estimate of drug-likeness (QED) is 0.508. The first kappa shape index (κ1) is 18.8. The topological polar surface area (TPSA) is 51.1 Å². The van der Waals surface area contributed by atoms with Gasteiger partial charge in [-0.1, -0.05) is 30.3 Å². The molecule has 0 aliphatic carbocycles. The minimum Gasteiger partial charge on any atom is -0.369 e. The van der Waals surface area contributed by atoms with Gasteiger partial charge in [-0.25, -0.2) is 9.37 Å². The number of nitrogens with zero attached hydrogens (tertiary/aromatic N) is 4. The molecule has 0 spiro atoms. The highest BCUT2D eigenvalue weighted by molar-refractivity contribution is 5.81. The number of para-hydroxylation sites is 1. The van der Waals surface area contributed by atoms with Gasteiger partial charge in [0.05, 0.1) is 35.9 Å². The van der Waals surface area contributed by atoms with E-state index >= 15 is 0 Å². The average Bonchev–Trinajstić information content (AvgIpc) is 2.80. The fourth-order valence-electron chi connectivity index (χ4n) is 3.89. The second kappa shape index (κ2) is 8.26. The Morgan fingerprint density at radius 2 is 1.90 bits per heavy atom. The van der Waals surface area contributed by atoms with Crippen molar-refractivity contribution in [2.45, 2.75) is 12.6 Å². The van der Waals surface area contributed by atoms with Crippen molar-refractivity contribution in [3.05, 3.63) is 90.3 Å². The van der Waals surface area contributed by atoms with Crippen LogP contribution in [0.4, 0.5) is 4.39 Å². The number of benzene rings is 2. The van der Waals surface area contributed by atoms with Gasteiger partial charge in [-0.3, -0.25) is 14.9 Å². The normalized spacial score (nSPS) is 17.3. The fourth-order valence-corrected chi connectivity index (χ4v) is 3.89. The highest BCUT2D eigenvalue weighted by Gasteiger charge is 2.24. The molecule has 5 rings (SSSR count). The number of hydrogen-bond donors (Lipinski definition) is 0. The Bertz CT molecular complexity index is 1180. The number of aromatic nitrogens is 3. The third-order valence-electron chi connectivity index (χ3n) is 5.42. The van der Waals surface area contributed by atoms with Crippen molar-refractivity contribution in [1.82, 2.24) is 19.9 Å². The molecule has 3 heterocycles. The largest absolute Gasteiger partial charge is 0.369 e. The van der Waals surface area contributed by atoms with Crippen LogP contribution < -0.4 is 0 Å². The minimum atomic E-state index is -0.306. The van der Waals surface area contributed by atoms with Gasteiger partial charge in [-0.15, -0.1) is 0 Å². The van der Waals surface area contributed by atoms with Crippen LogP contribution in [0.2, 0.25) is 0 Å². The number of hydrogen-bond acceptors (Lipinski definition) is 5. The molecule has 0 saturated carbocycles. The van der Waals surface area contributed by atoms with Crippen molar-refractivity contribution in [3.8, 4) is 11.3 Å². The van der Waals surface area contributed by atoms with Crippen LogP contribution in [0.15, 0.2) is 73.2 Å². The maximum Gasteiger partial charge on any atom is 0.132 e. The molecular weight excluding hydrogens is 379 g/mol. The fraction of sp³-hybridized carbons (Fsp3) is 0.208. The van der Waals surface area contributed by atoms with Crippen LogP contribution in [0.1, 0.15) is 17.4 Å². The van der Waals surface area contributed by atoms with Gasteiger partial charge >= 0.3 is 0 Å². The van der Waals surface area contributed by atoms with Gasteiger partial charge in [0.15, 0.2) is 0 Å². The van der Waals surface area contributed by atoms with E-state index in [0.717, 1.165) is 24.3 Å². The predicted octanol–water partition coefficient (Wildman–Crippen LogP) is 4.40. The Hall–Kier alpha value is -3.22. The maximum absolute atomic E-state index is 14.2. The van der Waals surface area contributed by atoms with Crippen molar-refractivity contribution >= 4 is 10.9 Å². The van der Waals surface area contributed by atoms with Crippen LogP contribution in [0.25, 0.3) is 22.2 Å². The zero-order valence-corrected chi connectivity index (χ0v) is 16.4. The summed E-state index contributed by atoms with van der Waals surface area (Å²) >= 11 is 0. The number of ether oxygens (including phenoxy) is 1. The van der Waals surface area contributed by atoms with E-state index in [9.17, 15) is 4.39 Å². The molecular formula is C24H21FN4O. The second-order valence-corrected chi connectivity index (χ2v) is 7.39. The number of fused-ring (bicyclic) bond motifs is 1. The van der Waals surface area contributed by atoms with Crippen molar-refractivity contribution in [2.75, 3.05) is 19.7 Å². The minimum absolute atomic E-state index is 0.203. The number of pyridine rings is 1. The van der Waals surface area contributed by atoms with Crippen LogP contribution >= 0.6 is 0 Å². The summed E-state index contributed by atoms with van der Waals surface area (Å²) in [6, 6.07) is 16.9. The van der Waals surface area contributed by atoms with Crippen LogP contribution in [-0.4, -0.2) is 39.5 Å². The molecule has 6 heteroatoms. The Balaban J connectivity index is 1.37. The maximum atomic E-state index is 14.2. The molecule has 1 aliphatic heterocycles. The van der Waals surface area contributed by atoms with Gasteiger partial charge in [0, 0.05) is 36.8 Å². The summed E-state index contributed by atoms with van der Waals surface area (Å²) in [5.74, 6) is -0.306. The molecule has 0 unspecified atom stereocenters. The SMILES string of the molecule is Fc1ccccc1-c1cncc([C@H]2CN(Cc3ccnc4ccccc34)CCO2)n1. The number of halogens is 1. The van der Waals surface area contributed by atoms with Crippen molar-refractivity contribution < 1.29 is 9.13 Å². The lowest BCUT2D eigenvalue weighted by Gasteiger charge is -2.32. The lowest BCUT2D eigenvalue weighted by Crippen LogP contribution is -2.38. The van der Waals surface area contributed by atoms with Crippen LogP contribution in [0.3, 0.4) is 0 Å². The first-order chi connectivity index (χ1) is 14.8. The Morgan fingerprint density at radius 1 is 1.03 bits per heavy atom. The summed E-state index contributed by atoms with van der Waals surface area (Å²) in [5.41, 5.74) is 3.94. The van der Waals surface area contributed by atoms with E-state index in [0.29, 0.717) is 24.4 Å². The Kier molecular flexibility index (Phi) is 5.17. The van der Waals surface area contributed by atoms with Gasteiger partial charge < -0.3 is 4.74 Å². The smallest absolute Gasteiger partial charge is 0.132 e. The molecule has 0 amide bonds. The van der Waals surface area contributed by atoms with E-state index in [1.807, 2.05) is 24.4 Å². The Labute approximate surface area is 174 Å². The summed E-state index contributed by atoms with van der Waals surface area (Å²) < 4.78 is 20.2. The third-order valence-corrected chi connectivity index (χ3v) is 5.42. The summed E-state index contributed by atoms with van der Waals surface area (Å²) in [6.45, 7) is 2.96. The molecule has 1 aliphatic rings. The molecule has 1 fully saturated rings. The number of rotatable bonds is 4. The Morgan fingerprint density at radius 3 is 2.83 bits per heavy atom. The molecule has 5 nitrogen and oxygen atoms in total. The highest BCUT2D eigenvalue weighted by Crippen LogP contribution is 2.26. The monoisotopic (exact) mass is 400 g/mol. The standard InChI is InChI=1S/C24H21FN4O/c25-20-7-3-1-6-19(20)22-13-26-14-23(28-22)24-16-29(11-12-30-24)15-17-9-10-27-21-8-4-2-5-18(17)21/h1-10,13-14,24H,11-12,15-16H2/t24-/m1/s1. The first-order valence-electron chi connectivity index (χ1n) is 10.0. The van der Waals surface area contributed by atoms with Crippen LogP contribution in [0.5, 0.6) is 0 Å². The summed E-state index contributed by atoms with van der Waals surface area (Å²) in [4.78, 5) is 15.8. The van der Waals surface area contributed by atoms with Crippen molar-refractivity contribution in [1.29, 1.82) is 0 Å². The van der Waals surface area contributed by atoms with E-state index in [2.05, 4.69) is 32.0 Å². The molecule has 0 N–H and O–H groups in total. The van der Waals surface area contributed by atoms with E-state index < -0.39 is 0 Å². The molecule has 4 aromatic rings. The lowest BCUT2D eigenvalue weighted by molar-refractivity contribution is -0.0350. The van der Waals surface area contributed by atoms with Gasteiger partial charge in [-0.2, -0.15) is 0 Å². The zero-order valence-electron chi connectivity index (χ0n) is 16.4.